The lowest BCUT2D eigenvalue weighted by molar-refractivity contribution is -0.718. The first-order valence-corrected chi connectivity index (χ1v) is 8.78. The van der Waals surface area contributed by atoms with Crippen LogP contribution in [-0.4, -0.2) is 4.98 Å². The van der Waals surface area contributed by atoms with E-state index in [9.17, 15) is 0 Å². The van der Waals surface area contributed by atoms with Gasteiger partial charge in [0, 0.05) is 18.2 Å². The van der Waals surface area contributed by atoms with E-state index in [1.165, 1.54) is 16.8 Å². The van der Waals surface area contributed by atoms with Crippen LogP contribution in [0.3, 0.4) is 0 Å². The van der Waals surface area contributed by atoms with Gasteiger partial charge in [0.05, 0.1) is 0 Å². The summed E-state index contributed by atoms with van der Waals surface area (Å²) in [4.78, 5) is 4.57. The summed E-state index contributed by atoms with van der Waals surface area (Å²) in [6.45, 7) is 2.92. The molecule has 0 bridgehead atoms. The number of hydrogen-bond acceptors (Lipinski definition) is 1. The molecule has 0 fully saturated rings. The summed E-state index contributed by atoms with van der Waals surface area (Å²) in [5.41, 5.74) is 4.81. The van der Waals surface area contributed by atoms with Crippen molar-refractivity contribution in [3.05, 3.63) is 109 Å². The summed E-state index contributed by atoms with van der Waals surface area (Å²) in [6.07, 6.45) is 6.02. The molecule has 0 aliphatic rings. The average Bonchev–Trinajstić information content (AvgIpc) is 2.70. The van der Waals surface area contributed by atoms with Gasteiger partial charge in [-0.25, -0.2) is 0 Å². The van der Waals surface area contributed by atoms with Gasteiger partial charge in [-0.3, -0.25) is 0 Å². The fourth-order valence-corrected chi connectivity index (χ4v) is 3.26. The van der Waals surface area contributed by atoms with Gasteiger partial charge in [-0.2, -0.15) is 9.13 Å². The average molecular weight is 339 g/mol. The van der Waals surface area contributed by atoms with E-state index in [1.807, 2.05) is 36.5 Å². The number of benzene rings is 1. The van der Waals surface area contributed by atoms with E-state index >= 15 is 0 Å². The van der Waals surface area contributed by atoms with Gasteiger partial charge in [0.1, 0.15) is 11.9 Å². The summed E-state index contributed by atoms with van der Waals surface area (Å²) >= 11 is 0. The third-order valence-corrected chi connectivity index (χ3v) is 4.43. The zero-order valence-corrected chi connectivity index (χ0v) is 14.8. The van der Waals surface area contributed by atoms with Crippen LogP contribution in [0.5, 0.6) is 0 Å². The number of nitrogens with zero attached hydrogens (tertiary/aromatic N) is 3. The fraction of sp³-hybridized carbons (Fsp3) is 0.0870. The van der Waals surface area contributed by atoms with Crippen molar-refractivity contribution in [1.82, 2.24) is 4.98 Å². The van der Waals surface area contributed by atoms with Crippen LogP contribution in [0.25, 0.3) is 16.9 Å². The maximum Gasteiger partial charge on any atom is 0.328 e. The van der Waals surface area contributed by atoms with Crippen molar-refractivity contribution < 1.29 is 9.13 Å². The van der Waals surface area contributed by atoms with Crippen molar-refractivity contribution >= 4 is 0 Å². The molecule has 0 amide bonds. The molecule has 0 radical (unpaired) electrons. The minimum Gasteiger partial charge on any atom is -0.197 e. The summed E-state index contributed by atoms with van der Waals surface area (Å²) in [5, 5.41) is 0. The molecule has 126 valence electrons. The van der Waals surface area contributed by atoms with Crippen molar-refractivity contribution in [2.75, 3.05) is 0 Å². The van der Waals surface area contributed by atoms with E-state index in [2.05, 4.69) is 82.0 Å². The number of hydrogen-bond donors (Lipinski definition) is 0. The van der Waals surface area contributed by atoms with Crippen molar-refractivity contribution in [3.8, 4) is 16.9 Å². The van der Waals surface area contributed by atoms with Crippen molar-refractivity contribution in [2.45, 2.75) is 13.5 Å². The first-order valence-electron chi connectivity index (χ1n) is 8.78. The molecular weight excluding hydrogens is 318 g/mol. The molecule has 0 spiro atoms. The minimum absolute atomic E-state index is 0.777. The van der Waals surface area contributed by atoms with E-state index in [4.69, 9.17) is 0 Å². The van der Waals surface area contributed by atoms with Gasteiger partial charge >= 0.3 is 5.82 Å². The van der Waals surface area contributed by atoms with Gasteiger partial charge in [-0.05, 0) is 41.2 Å². The highest BCUT2D eigenvalue weighted by atomic mass is 15.1. The summed E-state index contributed by atoms with van der Waals surface area (Å²) in [7, 11) is 0. The molecule has 1 aromatic carbocycles. The summed E-state index contributed by atoms with van der Waals surface area (Å²) in [5.74, 6) is 0.941. The van der Waals surface area contributed by atoms with Gasteiger partial charge in [-0.1, -0.05) is 42.5 Å². The third-order valence-electron chi connectivity index (χ3n) is 4.43. The minimum atomic E-state index is 0.777. The first kappa shape index (κ1) is 16.2. The van der Waals surface area contributed by atoms with Crippen molar-refractivity contribution in [1.29, 1.82) is 0 Å². The lowest BCUT2D eigenvalue weighted by Gasteiger charge is -2.10. The lowest BCUT2D eigenvalue weighted by atomic mass is 10.0. The van der Waals surface area contributed by atoms with E-state index < -0.39 is 0 Å². The summed E-state index contributed by atoms with van der Waals surface area (Å²) < 4.78 is 4.41. The SMILES string of the molecule is Cc1cc(-c2ccccc2)cc(C[n+]2ccccc2)[n+]1-c1ccccn1. The van der Waals surface area contributed by atoms with Gasteiger partial charge in [0.15, 0.2) is 18.1 Å². The van der Waals surface area contributed by atoms with Crippen LogP contribution in [0.4, 0.5) is 0 Å². The van der Waals surface area contributed by atoms with Crippen LogP contribution in [-0.2, 0) is 6.54 Å². The Hall–Kier alpha value is -3.33. The highest BCUT2D eigenvalue weighted by molar-refractivity contribution is 5.63. The molecular formula is C23H21N3+2. The van der Waals surface area contributed by atoms with Crippen LogP contribution in [0.2, 0.25) is 0 Å². The Morgan fingerprint density at radius 1 is 0.769 bits per heavy atom. The van der Waals surface area contributed by atoms with Crippen LogP contribution < -0.4 is 9.13 Å². The Labute approximate surface area is 153 Å². The Bertz CT molecular complexity index is 998. The number of pyridine rings is 3. The van der Waals surface area contributed by atoms with Crippen LogP contribution in [0, 0.1) is 6.92 Å². The highest BCUT2D eigenvalue weighted by Gasteiger charge is 2.20. The van der Waals surface area contributed by atoms with E-state index in [0.717, 1.165) is 18.1 Å². The normalized spacial score (nSPS) is 10.7. The molecule has 4 rings (SSSR count). The molecule has 3 heteroatoms. The maximum atomic E-state index is 4.57. The van der Waals surface area contributed by atoms with E-state index in [0.29, 0.717) is 0 Å². The molecule has 0 N–H and O–H groups in total. The lowest BCUT2D eigenvalue weighted by Crippen LogP contribution is -2.45. The monoisotopic (exact) mass is 339 g/mol. The Kier molecular flexibility index (Phi) is 4.52. The van der Waals surface area contributed by atoms with E-state index in [-0.39, 0.29) is 0 Å². The van der Waals surface area contributed by atoms with Crippen LogP contribution in [0.1, 0.15) is 11.4 Å². The second-order valence-electron chi connectivity index (χ2n) is 6.31. The quantitative estimate of drug-likeness (QED) is 0.520. The molecule has 26 heavy (non-hydrogen) atoms. The van der Waals surface area contributed by atoms with Crippen LogP contribution in [0.15, 0.2) is 97.5 Å². The Morgan fingerprint density at radius 2 is 1.50 bits per heavy atom. The fourth-order valence-electron chi connectivity index (χ4n) is 3.26. The molecule has 0 saturated heterocycles. The van der Waals surface area contributed by atoms with Gasteiger partial charge < -0.3 is 0 Å². The largest absolute Gasteiger partial charge is 0.328 e. The van der Waals surface area contributed by atoms with Crippen molar-refractivity contribution in [3.63, 3.8) is 0 Å². The standard InChI is InChI=1S/C23H21N3/c1-19-16-21(20-10-4-2-5-11-20)17-22(18-25-14-8-3-9-15-25)26(19)23-12-6-7-13-24-23/h2-17H,18H2,1H3/q+2. The maximum absolute atomic E-state index is 4.57. The van der Waals surface area contributed by atoms with Gasteiger partial charge in [-0.15, -0.1) is 0 Å². The molecule has 3 aromatic heterocycles. The van der Waals surface area contributed by atoms with Crippen LogP contribution >= 0.6 is 0 Å². The molecule has 0 atom stereocenters. The van der Waals surface area contributed by atoms with Gasteiger partial charge in [0.25, 0.3) is 0 Å². The Balaban J connectivity index is 1.88. The molecule has 0 saturated carbocycles. The predicted octanol–water partition coefficient (Wildman–Crippen LogP) is 3.67. The number of aryl methyl sites for hydroxylation is 1. The summed E-state index contributed by atoms with van der Waals surface area (Å²) in [6, 6.07) is 27.2. The topological polar surface area (TPSA) is 20.6 Å². The zero-order chi connectivity index (χ0) is 17.8. The molecule has 4 aromatic rings. The number of rotatable bonds is 4. The highest BCUT2D eigenvalue weighted by Crippen LogP contribution is 2.20. The van der Waals surface area contributed by atoms with Crippen molar-refractivity contribution in [2.24, 2.45) is 0 Å². The molecule has 0 aliphatic heterocycles. The molecule has 0 unspecified atom stereocenters. The second-order valence-corrected chi connectivity index (χ2v) is 6.31. The Morgan fingerprint density at radius 3 is 2.23 bits per heavy atom. The predicted molar refractivity (Wildman–Crippen MR) is 102 cm³/mol. The smallest absolute Gasteiger partial charge is 0.197 e. The number of aromatic nitrogens is 3. The second kappa shape index (κ2) is 7.28. The zero-order valence-electron chi connectivity index (χ0n) is 14.8. The molecule has 3 nitrogen and oxygen atoms in total. The van der Waals surface area contributed by atoms with Gasteiger partial charge in [0.2, 0.25) is 6.54 Å². The third kappa shape index (κ3) is 3.38. The molecule has 3 heterocycles. The van der Waals surface area contributed by atoms with E-state index in [1.54, 1.807) is 0 Å². The molecule has 0 aliphatic carbocycles. The first-order chi connectivity index (χ1) is 12.8.